The number of benzene rings is 3. The highest BCUT2D eigenvalue weighted by Crippen LogP contribution is 2.32. The van der Waals surface area contributed by atoms with Crippen molar-refractivity contribution >= 4 is 11.0 Å². The van der Waals surface area contributed by atoms with E-state index < -0.39 is 5.63 Å². The smallest absolute Gasteiger partial charge is 0.344 e. The molecule has 6 heteroatoms. The highest BCUT2D eigenvalue weighted by molar-refractivity contribution is 5.83. The molecule has 3 aromatic carbocycles. The Kier molecular flexibility index (Phi) is 5.39. The lowest BCUT2D eigenvalue weighted by atomic mass is 10.1. The fourth-order valence-electron chi connectivity index (χ4n) is 3.16. The maximum absolute atomic E-state index is 13.7. The molecule has 4 rings (SSSR count). The van der Waals surface area contributed by atoms with E-state index in [0.29, 0.717) is 39.5 Å². The minimum absolute atomic E-state index is 0.0755. The van der Waals surface area contributed by atoms with Gasteiger partial charge in [-0.1, -0.05) is 24.3 Å². The molecule has 0 unspecified atom stereocenters. The number of halogens is 1. The Morgan fingerprint density at radius 1 is 0.900 bits per heavy atom. The molecule has 0 atom stereocenters. The lowest BCUT2D eigenvalue weighted by Gasteiger charge is -2.10. The molecule has 0 aliphatic rings. The number of ether oxygens (including phenoxy) is 3. The number of hydrogen-bond acceptors (Lipinski definition) is 5. The summed E-state index contributed by atoms with van der Waals surface area (Å²) in [6.07, 6.45) is 0. The van der Waals surface area contributed by atoms with E-state index in [1.165, 1.54) is 13.2 Å². The summed E-state index contributed by atoms with van der Waals surface area (Å²) in [4.78, 5) is 12.6. The van der Waals surface area contributed by atoms with Gasteiger partial charge in [-0.15, -0.1) is 0 Å². The minimum atomic E-state index is -0.485. The average molecular weight is 406 g/mol. The SMILES string of the molecule is COc1ccc(-c2cc3ccc(OCc4ccccc4F)cc3oc2=O)cc1OC. The van der Waals surface area contributed by atoms with Crippen molar-refractivity contribution in [3.63, 3.8) is 0 Å². The molecule has 0 saturated heterocycles. The van der Waals surface area contributed by atoms with E-state index in [4.69, 9.17) is 18.6 Å². The van der Waals surface area contributed by atoms with Crippen molar-refractivity contribution in [3.05, 3.63) is 88.5 Å². The predicted molar refractivity (Wildman–Crippen MR) is 112 cm³/mol. The van der Waals surface area contributed by atoms with Crippen molar-refractivity contribution in [2.45, 2.75) is 6.61 Å². The second-order valence-electron chi connectivity index (χ2n) is 6.60. The highest BCUT2D eigenvalue weighted by Gasteiger charge is 2.12. The summed E-state index contributed by atoms with van der Waals surface area (Å²) in [5.41, 5.74) is 1.41. The first-order valence-corrected chi connectivity index (χ1v) is 9.25. The van der Waals surface area contributed by atoms with Gasteiger partial charge in [-0.25, -0.2) is 9.18 Å². The van der Waals surface area contributed by atoms with Gasteiger partial charge < -0.3 is 18.6 Å². The summed E-state index contributed by atoms with van der Waals surface area (Å²) < 4.78 is 35.5. The molecule has 0 aliphatic heterocycles. The Balaban J connectivity index is 1.64. The molecule has 4 aromatic rings. The Bertz CT molecular complexity index is 1260. The van der Waals surface area contributed by atoms with Crippen LogP contribution < -0.4 is 19.8 Å². The largest absolute Gasteiger partial charge is 0.493 e. The quantitative estimate of drug-likeness (QED) is 0.412. The van der Waals surface area contributed by atoms with Crippen LogP contribution in [0.3, 0.4) is 0 Å². The van der Waals surface area contributed by atoms with E-state index in [1.807, 2.05) is 0 Å². The topological polar surface area (TPSA) is 57.9 Å². The van der Waals surface area contributed by atoms with Crippen LogP contribution in [0.1, 0.15) is 5.56 Å². The van der Waals surface area contributed by atoms with Crippen LogP contribution in [0.25, 0.3) is 22.1 Å². The van der Waals surface area contributed by atoms with Crippen LogP contribution in [-0.2, 0) is 6.61 Å². The number of fused-ring (bicyclic) bond motifs is 1. The normalized spacial score (nSPS) is 10.8. The Hall–Kier alpha value is -3.80. The predicted octanol–water partition coefficient (Wildman–Crippen LogP) is 5.20. The van der Waals surface area contributed by atoms with E-state index in [0.717, 1.165) is 5.39 Å². The highest BCUT2D eigenvalue weighted by atomic mass is 19.1. The summed E-state index contributed by atoms with van der Waals surface area (Å²) in [5, 5.41) is 0.734. The minimum Gasteiger partial charge on any atom is -0.493 e. The maximum atomic E-state index is 13.7. The maximum Gasteiger partial charge on any atom is 0.344 e. The van der Waals surface area contributed by atoms with E-state index in [-0.39, 0.29) is 12.4 Å². The second kappa shape index (κ2) is 8.29. The van der Waals surface area contributed by atoms with Gasteiger partial charge in [0.05, 0.1) is 19.8 Å². The van der Waals surface area contributed by atoms with Crippen LogP contribution in [0.15, 0.2) is 75.9 Å². The van der Waals surface area contributed by atoms with Gasteiger partial charge in [-0.2, -0.15) is 0 Å². The molecule has 0 fully saturated rings. The molecule has 1 heterocycles. The first kappa shape index (κ1) is 19.5. The Morgan fingerprint density at radius 3 is 2.47 bits per heavy atom. The second-order valence-corrected chi connectivity index (χ2v) is 6.60. The van der Waals surface area contributed by atoms with E-state index in [9.17, 15) is 9.18 Å². The first-order valence-electron chi connectivity index (χ1n) is 9.25. The number of rotatable bonds is 6. The van der Waals surface area contributed by atoms with Gasteiger partial charge in [0, 0.05) is 17.0 Å². The third-order valence-electron chi connectivity index (χ3n) is 4.75. The molecular weight excluding hydrogens is 387 g/mol. The third-order valence-corrected chi connectivity index (χ3v) is 4.75. The van der Waals surface area contributed by atoms with Gasteiger partial charge >= 0.3 is 5.63 Å². The molecule has 0 spiro atoms. The molecule has 0 amide bonds. The van der Waals surface area contributed by atoms with Gasteiger partial charge in [-0.05, 0) is 42.0 Å². The third kappa shape index (κ3) is 3.85. The van der Waals surface area contributed by atoms with Gasteiger partial charge in [0.15, 0.2) is 11.5 Å². The van der Waals surface area contributed by atoms with Crippen molar-refractivity contribution in [1.82, 2.24) is 0 Å². The number of hydrogen-bond donors (Lipinski definition) is 0. The summed E-state index contributed by atoms with van der Waals surface area (Å²) in [5.74, 6) is 1.24. The average Bonchev–Trinajstić information content (AvgIpc) is 2.77. The van der Waals surface area contributed by atoms with Crippen molar-refractivity contribution < 1.29 is 23.0 Å². The summed E-state index contributed by atoms with van der Waals surface area (Å²) in [7, 11) is 3.08. The monoisotopic (exact) mass is 406 g/mol. The molecule has 0 radical (unpaired) electrons. The molecule has 0 bridgehead atoms. The fourth-order valence-corrected chi connectivity index (χ4v) is 3.16. The molecule has 5 nitrogen and oxygen atoms in total. The van der Waals surface area contributed by atoms with E-state index in [1.54, 1.807) is 67.8 Å². The van der Waals surface area contributed by atoms with Crippen LogP contribution >= 0.6 is 0 Å². The van der Waals surface area contributed by atoms with Crippen molar-refractivity contribution in [1.29, 1.82) is 0 Å². The van der Waals surface area contributed by atoms with Gasteiger partial charge in [-0.3, -0.25) is 0 Å². The van der Waals surface area contributed by atoms with Gasteiger partial charge in [0.2, 0.25) is 0 Å². The van der Waals surface area contributed by atoms with E-state index in [2.05, 4.69) is 0 Å². The summed E-state index contributed by atoms with van der Waals surface area (Å²) in [6, 6.07) is 18.6. The first-order chi connectivity index (χ1) is 14.6. The Labute approximate surface area is 172 Å². The number of methoxy groups -OCH3 is 2. The fraction of sp³-hybridized carbons (Fsp3) is 0.125. The zero-order valence-electron chi connectivity index (χ0n) is 16.5. The summed E-state index contributed by atoms with van der Waals surface area (Å²) in [6.45, 7) is 0.0755. The van der Waals surface area contributed by atoms with Crippen molar-refractivity contribution in [3.8, 4) is 28.4 Å². The molecule has 0 N–H and O–H groups in total. The molecule has 0 aliphatic carbocycles. The van der Waals surface area contributed by atoms with Crippen LogP contribution in [0.2, 0.25) is 0 Å². The van der Waals surface area contributed by atoms with Crippen molar-refractivity contribution in [2.24, 2.45) is 0 Å². The Morgan fingerprint density at radius 2 is 1.70 bits per heavy atom. The summed E-state index contributed by atoms with van der Waals surface area (Å²) >= 11 is 0. The molecule has 152 valence electrons. The van der Waals surface area contributed by atoms with Gasteiger partial charge in [0.25, 0.3) is 0 Å². The molecule has 1 aromatic heterocycles. The van der Waals surface area contributed by atoms with E-state index >= 15 is 0 Å². The standard InChI is InChI=1S/C24H19FO5/c1-27-21-10-8-15(12-23(21)28-2)19-11-16-7-9-18(13-22(16)30-24(19)26)29-14-17-5-3-4-6-20(17)25/h3-13H,14H2,1-2H3. The van der Waals surface area contributed by atoms with Crippen LogP contribution in [-0.4, -0.2) is 14.2 Å². The molecule has 0 saturated carbocycles. The molecular formula is C24H19FO5. The zero-order chi connectivity index (χ0) is 21.1. The zero-order valence-corrected chi connectivity index (χ0v) is 16.5. The van der Waals surface area contributed by atoms with Crippen molar-refractivity contribution in [2.75, 3.05) is 14.2 Å². The van der Waals surface area contributed by atoms with Gasteiger partial charge in [0.1, 0.15) is 23.8 Å². The van der Waals surface area contributed by atoms with Crippen LogP contribution in [0.4, 0.5) is 4.39 Å². The van der Waals surface area contributed by atoms with Crippen LogP contribution in [0, 0.1) is 5.82 Å². The van der Waals surface area contributed by atoms with Crippen LogP contribution in [0.5, 0.6) is 17.2 Å². The lowest BCUT2D eigenvalue weighted by molar-refractivity contribution is 0.300. The molecule has 30 heavy (non-hydrogen) atoms. The lowest BCUT2D eigenvalue weighted by Crippen LogP contribution is -2.03.